The lowest BCUT2D eigenvalue weighted by atomic mass is 9.73. The second-order valence-corrected chi connectivity index (χ2v) is 9.14. The number of hydrogen-bond donors (Lipinski definition) is 2. The third kappa shape index (κ3) is 4.59. The van der Waals surface area contributed by atoms with Gasteiger partial charge in [-0.15, -0.1) is 0 Å². The Morgan fingerprint density at radius 1 is 0.829 bits per heavy atom. The highest BCUT2D eigenvalue weighted by molar-refractivity contribution is 9.10. The van der Waals surface area contributed by atoms with E-state index >= 15 is 0 Å². The maximum absolute atomic E-state index is 13.8. The second kappa shape index (κ2) is 10.4. The highest BCUT2D eigenvalue weighted by Gasteiger charge is 2.64. The maximum atomic E-state index is 13.8. The topological polar surface area (TPSA) is 93.7 Å². The highest BCUT2D eigenvalue weighted by atomic mass is 79.9. The zero-order chi connectivity index (χ0) is 25.0. The summed E-state index contributed by atoms with van der Waals surface area (Å²) in [6.07, 6.45) is 0. The monoisotopic (exact) mass is 536 g/mol. The first-order valence-corrected chi connectivity index (χ1v) is 11.8. The third-order valence-electron chi connectivity index (χ3n) is 6.32. The van der Waals surface area contributed by atoms with Crippen LogP contribution in [0.15, 0.2) is 89.4 Å². The highest BCUT2D eigenvalue weighted by Crippen LogP contribution is 2.48. The molecule has 8 heteroatoms. The van der Waals surface area contributed by atoms with Gasteiger partial charge in [-0.1, -0.05) is 76.6 Å². The zero-order valence-electron chi connectivity index (χ0n) is 19.2. The van der Waals surface area contributed by atoms with Gasteiger partial charge in [-0.25, -0.2) is 4.79 Å². The molecule has 0 bridgehead atoms. The smallest absolute Gasteiger partial charge is 0.334 e. The Kier molecular flexibility index (Phi) is 7.33. The summed E-state index contributed by atoms with van der Waals surface area (Å²) in [6, 6.07) is 23.3. The van der Waals surface area contributed by atoms with Gasteiger partial charge in [0.25, 0.3) is 5.91 Å². The fraction of sp³-hybridized carbons (Fsp3) is 0.222. The molecule has 180 valence electrons. The van der Waals surface area contributed by atoms with Crippen LogP contribution in [0.25, 0.3) is 0 Å². The van der Waals surface area contributed by atoms with Crippen LogP contribution < -0.4 is 10.6 Å². The molecule has 0 aliphatic carbocycles. The van der Waals surface area contributed by atoms with Crippen molar-refractivity contribution in [1.29, 1.82) is 0 Å². The van der Waals surface area contributed by atoms with Gasteiger partial charge in [0.15, 0.2) is 5.54 Å². The fourth-order valence-electron chi connectivity index (χ4n) is 4.78. The van der Waals surface area contributed by atoms with Crippen LogP contribution in [0.3, 0.4) is 0 Å². The standard InChI is InChI=1S/C27H25BrN2O5/c1-34-25(32)22-21(17-9-5-3-6-10-17)27(26(33)35-2,30-24(31)19-11-7-4-8-12-19)23(29-22)18-13-15-20(28)16-14-18/h3-16,21-23,29H,1-2H3,(H,30,31)/t21-,22+,23-,27-/m1/s1. The van der Waals surface area contributed by atoms with Gasteiger partial charge >= 0.3 is 11.9 Å². The molecule has 0 unspecified atom stereocenters. The summed E-state index contributed by atoms with van der Waals surface area (Å²) in [4.78, 5) is 40.3. The number of esters is 2. The summed E-state index contributed by atoms with van der Waals surface area (Å²) in [6.45, 7) is 0. The molecule has 3 aromatic rings. The van der Waals surface area contributed by atoms with Crippen LogP contribution in [0.2, 0.25) is 0 Å². The number of rotatable bonds is 6. The molecule has 0 saturated carbocycles. The maximum Gasteiger partial charge on any atom is 0.334 e. The van der Waals surface area contributed by atoms with Crippen LogP contribution in [-0.4, -0.2) is 43.6 Å². The molecule has 3 aromatic carbocycles. The third-order valence-corrected chi connectivity index (χ3v) is 6.85. The number of benzene rings is 3. The van der Waals surface area contributed by atoms with Crippen molar-refractivity contribution < 1.29 is 23.9 Å². The van der Waals surface area contributed by atoms with Gasteiger partial charge < -0.3 is 14.8 Å². The Morgan fingerprint density at radius 2 is 1.43 bits per heavy atom. The molecule has 1 fully saturated rings. The number of methoxy groups -OCH3 is 2. The van der Waals surface area contributed by atoms with E-state index in [1.807, 2.05) is 54.6 Å². The average Bonchev–Trinajstić information content (AvgIpc) is 3.24. The van der Waals surface area contributed by atoms with Gasteiger partial charge in [-0.05, 0) is 35.4 Å². The van der Waals surface area contributed by atoms with Crippen LogP contribution >= 0.6 is 15.9 Å². The molecular formula is C27H25BrN2O5. The summed E-state index contributed by atoms with van der Waals surface area (Å²) < 4.78 is 11.3. The minimum atomic E-state index is -1.67. The van der Waals surface area contributed by atoms with E-state index in [9.17, 15) is 14.4 Å². The molecular weight excluding hydrogens is 512 g/mol. The van der Waals surface area contributed by atoms with Crippen molar-refractivity contribution in [2.24, 2.45) is 0 Å². The van der Waals surface area contributed by atoms with E-state index < -0.39 is 41.4 Å². The van der Waals surface area contributed by atoms with E-state index in [1.165, 1.54) is 14.2 Å². The summed E-state index contributed by atoms with van der Waals surface area (Å²) in [7, 11) is 2.56. The van der Waals surface area contributed by atoms with Crippen molar-refractivity contribution in [1.82, 2.24) is 10.6 Å². The molecule has 0 aromatic heterocycles. The van der Waals surface area contributed by atoms with Crippen LogP contribution in [0.1, 0.15) is 33.4 Å². The molecule has 0 radical (unpaired) electrons. The van der Waals surface area contributed by atoms with Crippen LogP contribution in [0.4, 0.5) is 0 Å². The SMILES string of the molecule is COC(=O)[C@H]1N[C@H](c2ccc(Br)cc2)[C@@](NC(=O)c2ccccc2)(C(=O)OC)[C@@H]1c1ccccc1. The van der Waals surface area contributed by atoms with E-state index in [-0.39, 0.29) is 0 Å². The molecule has 4 rings (SSSR count). The van der Waals surface area contributed by atoms with E-state index in [0.717, 1.165) is 4.47 Å². The van der Waals surface area contributed by atoms with Gasteiger partial charge in [0, 0.05) is 16.0 Å². The Balaban J connectivity index is 1.96. The van der Waals surface area contributed by atoms with Crippen LogP contribution in [-0.2, 0) is 19.1 Å². The Labute approximate surface area is 212 Å². The summed E-state index contributed by atoms with van der Waals surface area (Å²) in [5, 5.41) is 6.27. The normalized spacial score (nSPS) is 23.3. The van der Waals surface area contributed by atoms with Crippen molar-refractivity contribution in [3.8, 4) is 0 Å². The number of nitrogens with one attached hydrogen (secondary N) is 2. The second-order valence-electron chi connectivity index (χ2n) is 8.22. The van der Waals surface area contributed by atoms with Crippen LogP contribution in [0, 0.1) is 0 Å². The number of amides is 1. The zero-order valence-corrected chi connectivity index (χ0v) is 20.8. The Bertz CT molecular complexity index is 1200. The van der Waals surface area contributed by atoms with Gasteiger partial charge in [0.2, 0.25) is 0 Å². The molecule has 1 amide bonds. The van der Waals surface area contributed by atoms with Crippen molar-refractivity contribution in [2.75, 3.05) is 14.2 Å². The van der Waals surface area contributed by atoms with E-state index in [0.29, 0.717) is 16.7 Å². The lowest BCUT2D eigenvalue weighted by Gasteiger charge is -2.38. The predicted molar refractivity (Wildman–Crippen MR) is 134 cm³/mol. The fourth-order valence-corrected chi connectivity index (χ4v) is 5.04. The molecule has 4 atom stereocenters. The largest absolute Gasteiger partial charge is 0.468 e. The molecule has 1 saturated heterocycles. The van der Waals surface area contributed by atoms with E-state index in [2.05, 4.69) is 26.6 Å². The number of carbonyl (C=O) groups is 3. The van der Waals surface area contributed by atoms with Gasteiger partial charge in [0.05, 0.1) is 20.3 Å². The van der Waals surface area contributed by atoms with Crippen LogP contribution in [0.5, 0.6) is 0 Å². The van der Waals surface area contributed by atoms with Crippen molar-refractivity contribution in [3.63, 3.8) is 0 Å². The molecule has 2 N–H and O–H groups in total. The first-order valence-electron chi connectivity index (χ1n) is 11.0. The van der Waals surface area contributed by atoms with Crippen molar-refractivity contribution in [2.45, 2.75) is 23.5 Å². The number of ether oxygens (including phenoxy) is 2. The first kappa shape index (κ1) is 24.6. The quantitative estimate of drug-likeness (QED) is 0.466. The molecule has 1 aliphatic rings. The lowest BCUT2D eigenvalue weighted by Crippen LogP contribution is -2.61. The minimum absolute atomic E-state index is 0.374. The van der Waals surface area contributed by atoms with Gasteiger partial charge in [-0.2, -0.15) is 0 Å². The molecule has 35 heavy (non-hydrogen) atoms. The van der Waals surface area contributed by atoms with Gasteiger partial charge in [0.1, 0.15) is 6.04 Å². The number of carbonyl (C=O) groups excluding carboxylic acids is 3. The van der Waals surface area contributed by atoms with Crippen molar-refractivity contribution >= 4 is 33.8 Å². The lowest BCUT2D eigenvalue weighted by molar-refractivity contribution is -0.150. The predicted octanol–water partition coefficient (Wildman–Crippen LogP) is 3.76. The number of halogens is 1. The molecule has 7 nitrogen and oxygen atoms in total. The Hall–Kier alpha value is -3.49. The summed E-state index contributed by atoms with van der Waals surface area (Å²) >= 11 is 3.44. The Morgan fingerprint density at radius 3 is 2.00 bits per heavy atom. The summed E-state index contributed by atoms with van der Waals surface area (Å²) in [5.41, 5.74) is 0.0714. The van der Waals surface area contributed by atoms with Gasteiger partial charge in [-0.3, -0.25) is 14.9 Å². The minimum Gasteiger partial charge on any atom is -0.468 e. The van der Waals surface area contributed by atoms with E-state index in [1.54, 1.807) is 30.3 Å². The van der Waals surface area contributed by atoms with Crippen molar-refractivity contribution in [3.05, 3.63) is 106 Å². The molecule has 0 spiro atoms. The summed E-state index contributed by atoms with van der Waals surface area (Å²) in [5.74, 6) is -2.53. The first-order chi connectivity index (χ1) is 16.9. The average molecular weight is 537 g/mol. The molecule has 1 aliphatic heterocycles. The number of hydrogen-bond acceptors (Lipinski definition) is 6. The molecule has 1 heterocycles. The van der Waals surface area contributed by atoms with E-state index in [4.69, 9.17) is 9.47 Å².